The highest BCUT2D eigenvalue weighted by Crippen LogP contribution is 2.33. The number of rotatable bonds is 4. The van der Waals surface area contributed by atoms with E-state index in [2.05, 4.69) is 0 Å². The SMILES string of the molecule is O=S(=O)([O-])c1cccc2cccc(OS(=O)(=O)c3ccc4ccccc4c3)c12. The molecule has 0 saturated carbocycles. The van der Waals surface area contributed by atoms with Gasteiger partial charge in [0, 0.05) is 5.39 Å². The van der Waals surface area contributed by atoms with Gasteiger partial charge in [-0.2, -0.15) is 8.42 Å². The Morgan fingerprint density at radius 2 is 1.32 bits per heavy atom. The normalized spacial score (nSPS) is 12.3. The molecule has 4 aromatic carbocycles. The zero-order chi connectivity index (χ0) is 19.9. The van der Waals surface area contributed by atoms with Crippen LogP contribution >= 0.6 is 0 Å². The lowest BCUT2D eigenvalue weighted by Gasteiger charge is -2.15. The highest BCUT2D eigenvalue weighted by atomic mass is 32.2. The molecule has 0 bridgehead atoms. The lowest BCUT2D eigenvalue weighted by molar-refractivity contribution is 0.462. The summed E-state index contributed by atoms with van der Waals surface area (Å²) in [5.74, 6) is -0.222. The van der Waals surface area contributed by atoms with E-state index >= 15 is 0 Å². The summed E-state index contributed by atoms with van der Waals surface area (Å²) < 4.78 is 65.7. The van der Waals surface area contributed by atoms with E-state index in [0.717, 1.165) is 11.5 Å². The quantitative estimate of drug-likeness (QED) is 0.374. The van der Waals surface area contributed by atoms with E-state index in [-0.39, 0.29) is 16.0 Å². The van der Waals surface area contributed by atoms with Crippen molar-refractivity contribution in [2.75, 3.05) is 0 Å². The van der Waals surface area contributed by atoms with Crippen molar-refractivity contribution in [3.8, 4) is 5.75 Å². The van der Waals surface area contributed by atoms with Crippen LogP contribution < -0.4 is 4.18 Å². The average molecular weight is 413 g/mol. The number of hydrogen-bond donors (Lipinski definition) is 0. The van der Waals surface area contributed by atoms with Crippen molar-refractivity contribution in [3.05, 3.63) is 78.9 Å². The van der Waals surface area contributed by atoms with Crippen LogP contribution in [0.3, 0.4) is 0 Å². The van der Waals surface area contributed by atoms with Crippen LogP contribution in [0, 0.1) is 0 Å². The molecule has 0 aromatic heterocycles. The van der Waals surface area contributed by atoms with Gasteiger partial charge in [0.2, 0.25) is 0 Å². The Bertz CT molecular complexity index is 1420. The predicted molar refractivity (Wildman–Crippen MR) is 104 cm³/mol. The van der Waals surface area contributed by atoms with Crippen LogP contribution in [0.15, 0.2) is 88.7 Å². The van der Waals surface area contributed by atoms with Gasteiger partial charge in [0.1, 0.15) is 15.0 Å². The third-order valence-corrected chi connectivity index (χ3v) is 6.42. The summed E-state index contributed by atoms with van der Waals surface area (Å²) in [6, 6.07) is 20.3. The van der Waals surface area contributed by atoms with E-state index < -0.39 is 25.1 Å². The molecule has 0 aliphatic heterocycles. The molecule has 0 amide bonds. The Balaban J connectivity index is 1.87. The van der Waals surface area contributed by atoms with Gasteiger partial charge in [-0.05, 0) is 40.4 Å². The molecular formula is C20H13O6S2-. The molecule has 8 heteroatoms. The number of hydrogen-bond acceptors (Lipinski definition) is 6. The van der Waals surface area contributed by atoms with Crippen molar-refractivity contribution in [2.45, 2.75) is 9.79 Å². The van der Waals surface area contributed by atoms with E-state index in [0.29, 0.717) is 10.8 Å². The maximum Gasteiger partial charge on any atom is 0.339 e. The fraction of sp³-hybridized carbons (Fsp3) is 0. The highest BCUT2D eigenvalue weighted by Gasteiger charge is 2.20. The van der Waals surface area contributed by atoms with E-state index in [1.165, 1.54) is 30.3 Å². The Labute approximate surface area is 161 Å². The molecule has 0 N–H and O–H groups in total. The Morgan fingerprint density at radius 3 is 2.04 bits per heavy atom. The highest BCUT2D eigenvalue weighted by molar-refractivity contribution is 7.87. The molecule has 0 unspecified atom stereocenters. The first-order chi connectivity index (χ1) is 13.3. The van der Waals surface area contributed by atoms with Crippen LogP contribution in [-0.2, 0) is 20.2 Å². The smallest absolute Gasteiger partial charge is 0.339 e. The molecule has 0 heterocycles. The second-order valence-electron chi connectivity index (χ2n) is 6.11. The molecule has 4 rings (SSSR count). The van der Waals surface area contributed by atoms with Gasteiger partial charge in [0.05, 0.1) is 4.90 Å². The summed E-state index contributed by atoms with van der Waals surface area (Å²) in [5, 5.41) is 1.90. The Hall–Kier alpha value is -2.94. The summed E-state index contributed by atoms with van der Waals surface area (Å²) in [7, 11) is -9.08. The van der Waals surface area contributed by atoms with Gasteiger partial charge in [-0.3, -0.25) is 0 Å². The zero-order valence-electron chi connectivity index (χ0n) is 14.3. The molecule has 0 radical (unpaired) electrons. The van der Waals surface area contributed by atoms with Crippen molar-refractivity contribution in [1.29, 1.82) is 0 Å². The predicted octanol–water partition coefficient (Wildman–Crippen LogP) is 3.66. The molecule has 0 atom stereocenters. The monoisotopic (exact) mass is 413 g/mol. The minimum atomic E-state index is -4.83. The lowest BCUT2D eigenvalue weighted by atomic mass is 10.1. The largest absolute Gasteiger partial charge is 0.744 e. The third-order valence-electron chi connectivity index (χ3n) is 4.31. The molecular weight excluding hydrogens is 400 g/mol. The zero-order valence-corrected chi connectivity index (χ0v) is 15.9. The fourth-order valence-corrected chi connectivity index (χ4v) is 4.73. The summed E-state index contributed by atoms with van der Waals surface area (Å²) >= 11 is 0. The average Bonchev–Trinajstić information content (AvgIpc) is 2.66. The molecule has 28 heavy (non-hydrogen) atoms. The van der Waals surface area contributed by atoms with Gasteiger partial charge in [0.15, 0.2) is 5.75 Å². The van der Waals surface area contributed by atoms with Crippen molar-refractivity contribution in [3.63, 3.8) is 0 Å². The Kier molecular flexibility index (Phi) is 4.34. The van der Waals surface area contributed by atoms with Crippen LogP contribution in [0.1, 0.15) is 0 Å². The van der Waals surface area contributed by atoms with E-state index in [1.807, 2.05) is 12.1 Å². The molecule has 142 valence electrons. The molecule has 6 nitrogen and oxygen atoms in total. The van der Waals surface area contributed by atoms with Crippen molar-refractivity contribution < 1.29 is 25.6 Å². The van der Waals surface area contributed by atoms with Crippen molar-refractivity contribution >= 4 is 41.8 Å². The molecule has 0 fully saturated rings. The van der Waals surface area contributed by atoms with Crippen LogP contribution in [0.4, 0.5) is 0 Å². The first-order valence-corrected chi connectivity index (χ1v) is 11.0. The van der Waals surface area contributed by atoms with Gasteiger partial charge in [-0.15, -0.1) is 0 Å². The van der Waals surface area contributed by atoms with Gasteiger partial charge in [0.25, 0.3) is 0 Å². The van der Waals surface area contributed by atoms with Gasteiger partial charge in [-0.25, -0.2) is 8.42 Å². The van der Waals surface area contributed by atoms with Gasteiger partial charge < -0.3 is 8.74 Å². The van der Waals surface area contributed by atoms with E-state index in [9.17, 15) is 21.4 Å². The van der Waals surface area contributed by atoms with Crippen molar-refractivity contribution in [1.82, 2.24) is 0 Å². The summed E-state index contributed by atoms with van der Waals surface area (Å²) in [6.07, 6.45) is 0. The maximum atomic E-state index is 12.8. The minimum Gasteiger partial charge on any atom is -0.744 e. The topological polar surface area (TPSA) is 101 Å². The van der Waals surface area contributed by atoms with Gasteiger partial charge >= 0.3 is 10.1 Å². The standard InChI is InChI=1S/C20H14O6S2/c21-27(22,23)19-10-4-8-15-7-3-9-18(20(15)19)26-28(24,25)17-12-11-14-5-1-2-6-16(14)13-17/h1-13H,(H,21,22,23)/p-1. The van der Waals surface area contributed by atoms with Crippen LogP contribution in [0.25, 0.3) is 21.5 Å². The van der Waals surface area contributed by atoms with Crippen LogP contribution in [0.2, 0.25) is 0 Å². The third kappa shape index (κ3) is 3.33. The first kappa shape index (κ1) is 18.4. The second-order valence-corrected chi connectivity index (χ2v) is 9.01. The summed E-state index contributed by atoms with van der Waals surface area (Å²) in [4.78, 5) is -0.611. The fourth-order valence-electron chi connectivity index (χ4n) is 3.04. The second kappa shape index (κ2) is 6.59. The van der Waals surface area contributed by atoms with E-state index in [4.69, 9.17) is 4.18 Å². The lowest BCUT2D eigenvalue weighted by Crippen LogP contribution is -2.11. The molecule has 0 saturated heterocycles. The van der Waals surface area contributed by atoms with Crippen LogP contribution in [-0.4, -0.2) is 21.4 Å². The molecule has 0 spiro atoms. The summed E-state index contributed by atoms with van der Waals surface area (Å²) in [5.41, 5.74) is 0. The van der Waals surface area contributed by atoms with Gasteiger partial charge in [-0.1, -0.05) is 54.6 Å². The molecule has 0 aliphatic rings. The minimum absolute atomic E-state index is 0.0654. The first-order valence-electron chi connectivity index (χ1n) is 8.17. The number of benzene rings is 4. The maximum absolute atomic E-state index is 12.8. The van der Waals surface area contributed by atoms with E-state index in [1.54, 1.807) is 30.3 Å². The van der Waals surface area contributed by atoms with Crippen LogP contribution in [0.5, 0.6) is 5.75 Å². The Morgan fingerprint density at radius 1 is 0.679 bits per heavy atom. The molecule has 4 aromatic rings. The van der Waals surface area contributed by atoms with Crippen molar-refractivity contribution in [2.24, 2.45) is 0 Å². The molecule has 0 aliphatic carbocycles. The summed E-state index contributed by atoms with van der Waals surface area (Å²) in [6.45, 7) is 0. The number of fused-ring (bicyclic) bond motifs is 2.